The molecule has 9 heteroatoms. The third-order valence-corrected chi connectivity index (χ3v) is 4.17. The van der Waals surface area contributed by atoms with Crippen molar-refractivity contribution >= 4 is 29.4 Å². The summed E-state index contributed by atoms with van der Waals surface area (Å²) in [6, 6.07) is 12.1. The molecular formula is C16H13N5O3S. The number of aromatic nitrogens is 3. The van der Waals surface area contributed by atoms with Gasteiger partial charge in [-0.05, 0) is 47.7 Å². The molecule has 0 amide bonds. The minimum atomic E-state index is -0.427. The van der Waals surface area contributed by atoms with Gasteiger partial charge in [0.15, 0.2) is 5.16 Å². The smallest absolute Gasteiger partial charge is 0.283 e. The molecule has 126 valence electrons. The molecule has 3 rings (SSSR count). The van der Waals surface area contributed by atoms with Crippen LogP contribution in [0.4, 0.5) is 11.4 Å². The lowest BCUT2D eigenvalue weighted by molar-refractivity contribution is -0.387. The first-order chi connectivity index (χ1) is 12.2. The number of hydrogen-bond acceptors (Lipinski definition) is 7. The number of benzene rings is 2. The Bertz CT molecular complexity index is 895. The number of ether oxygens (including phenoxy) is 1. The number of aliphatic imine (C=N–C) groups is 1. The molecule has 3 aromatic rings. The van der Waals surface area contributed by atoms with Crippen LogP contribution in [0, 0.1) is 10.1 Å². The molecule has 1 aromatic heterocycles. The van der Waals surface area contributed by atoms with Gasteiger partial charge < -0.3 is 4.74 Å². The van der Waals surface area contributed by atoms with E-state index in [0.29, 0.717) is 15.6 Å². The van der Waals surface area contributed by atoms with Crippen molar-refractivity contribution in [2.45, 2.75) is 10.1 Å². The van der Waals surface area contributed by atoms with Crippen LogP contribution in [0.5, 0.6) is 5.75 Å². The maximum absolute atomic E-state index is 11.3. The van der Waals surface area contributed by atoms with Crippen molar-refractivity contribution in [2.75, 3.05) is 7.11 Å². The van der Waals surface area contributed by atoms with E-state index < -0.39 is 4.92 Å². The Hall–Kier alpha value is -3.20. The second kappa shape index (κ2) is 7.58. The van der Waals surface area contributed by atoms with Gasteiger partial charge >= 0.3 is 0 Å². The Morgan fingerprint density at radius 1 is 1.28 bits per heavy atom. The summed E-state index contributed by atoms with van der Waals surface area (Å²) >= 11 is 1.15. The molecular weight excluding hydrogens is 342 g/mol. The SMILES string of the molecule is COc1ccc(N=Cc2ccc(Sc3ncn[nH]3)c([N+](=O)[O-])c2)cc1. The minimum Gasteiger partial charge on any atom is -0.497 e. The second-order valence-electron chi connectivity index (χ2n) is 4.83. The Morgan fingerprint density at radius 3 is 2.72 bits per heavy atom. The number of aromatic amines is 1. The predicted octanol–water partition coefficient (Wildman–Crippen LogP) is 3.62. The highest BCUT2D eigenvalue weighted by atomic mass is 32.2. The van der Waals surface area contributed by atoms with Crippen LogP contribution < -0.4 is 4.74 Å². The molecule has 0 bridgehead atoms. The number of nitro benzene ring substituents is 1. The lowest BCUT2D eigenvalue weighted by Crippen LogP contribution is -1.93. The molecule has 1 heterocycles. The normalized spacial score (nSPS) is 10.9. The lowest BCUT2D eigenvalue weighted by atomic mass is 10.2. The zero-order chi connectivity index (χ0) is 17.6. The Balaban J connectivity index is 1.83. The highest BCUT2D eigenvalue weighted by Crippen LogP contribution is 2.33. The molecule has 0 saturated carbocycles. The Labute approximate surface area is 147 Å². The van der Waals surface area contributed by atoms with Crippen LogP contribution in [0.1, 0.15) is 5.56 Å². The van der Waals surface area contributed by atoms with Crippen LogP contribution in [0.2, 0.25) is 0 Å². The average Bonchev–Trinajstić information content (AvgIpc) is 3.14. The topological polar surface area (TPSA) is 106 Å². The first kappa shape index (κ1) is 16.7. The molecule has 0 aliphatic heterocycles. The van der Waals surface area contributed by atoms with Crippen molar-refractivity contribution < 1.29 is 9.66 Å². The van der Waals surface area contributed by atoms with Crippen molar-refractivity contribution in [3.05, 3.63) is 64.5 Å². The standard InChI is InChI=1S/C16H13N5O3S/c1-24-13-5-3-12(4-6-13)17-9-11-2-7-15(14(8-11)21(22)23)25-16-18-10-19-20-16/h2-10H,1H3,(H,18,19,20). The summed E-state index contributed by atoms with van der Waals surface area (Å²) in [5.74, 6) is 0.739. The molecule has 0 saturated heterocycles. The monoisotopic (exact) mass is 355 g/mol. The van der Waals surface area contributed by atoms with E-state index in [-0.39, 0.29) is 5.69 Å². The quantitative estimate of drug-likeness (QED) is 0.411. The summed E-state index contributed by atoms with van der Waals surface area (Å²) in [6.07, 6.45) is 2.93. The first-order valence-electron chi connectivity index (χ1n) is 7.15. The fraction of sp³-hybridized carbons (Fsp3) is 0.0625. The van der Waals surface area contributed by atoms with Crippen LogP contribution in [0.15, 0.2) is 63.8 Å². The van der Waals surface area contributed by atoms with Gasteiger partial charge in [0, 0.05) is 12.3 Å². The van der Waals surface area contributed by atoms with Crippen LogP contribution in [0.3, 0.4) is 0 Å². The highest BCUT2D eigenvalue weighted by molar-refractivity contribution is 7.99. The van der Waals surface area contributed by atoms with E-state index in [9.17, 15) is 10.1 Å². The van der Waals surface area contributed by atoms with Crippen molar-refractivity contribution in [1.29, 1.82) is 0 Å². The summed E-state index contributed by atoms with van der Waals surface area (Å²) in [7, 11) is 1.59. The molecule has 0 unspecified atom stereocenters. The average molecular weight is 355 g/mol. The number of methoxy groups -OCH3 is 1. The maximum atomic E-state index is 11.3. The number of H-pyrrole nitrogens is 1. The van der Waals surface area contributed by atoms with Gasteiger partial charge in [0.2, 0.25) is 0 Å². The molecule has 0 aliphatic carbocycles. The number of hydrogen-bond donors (Lipinski definition) is 1. The van der Waals surface area contributed by atoms with Crippen molar-refractivity contribution in [2.24, 2.45) is 4.99 Å². The van der Waals surface area contributed by atoms with Gasteiger partial charge in [-0.25, -0.2) is 4.98 Å². The van der Waals surface area contributed by atoms with E-state index in [0.717, 1.165) is 23.2 Å². The van der Waals surface area contributed by atoms with Crippen molar-refractivity contribution in [3.63, 3.8) is 0 Å². The molecule has 0 fully saturated rings. The first-order valence-corrected chi connectivity index (χ1v) is 7.97. The zero-order valence-corrected chi connectivity index (χ0v) is 13.9. The third kappa shape index (κ3) is 4.21. The zero-order valence-electron chi connectivity index (χ0n) is 13.1. The van der Waals surface area contributed by atoms with E-state index >= 15 is 0 Å². The number of rotatable bonds is 6. The van der Waals surface area contributed by atoms with E-state index in [1.165, 1.54) is 12.4 Å². The van der Waals surface area contributed by atoms with Gasteiger partial charge in [0.25, 0.3) is 5.69 Å². The Kier molecular flexibility index (Phi) is 5.05. The minimum absolute atomic E-state index is 0.0138. The summed E-state index contributed by atoms with van der Waals surface area (Å²) in [5.41, 5.74) is 1.34. The number of nitrogens with zero attached hydrogens (tertiary/aromatic N) is 4. The summed E-state index contributed by atoms with van der Waals surface area (Å²) < 4.78 is 5.09. The van der Waals surface area contributed by atoms with Gasteiger partial charge in [-0.2, -0.15) is 5.10 Å². The molecule has 0 aliphatic rings. The Morgan fingerprint density at radius 2 is 2.08 bits per heavy atom. The van der Waals surface area contributed by atoms with E-state index in [1.54, 1.807) is 49.7 Å². The molecule has 8 nitrogen and oxygen atoms in total. The van der Waals surface area contributed by atoms with E-state index in [1.807, 2.05) is 0 Å². The van der Waals surface area contributed by atoms with E-state index in [2.05, 4.69) is 20.2 Å². The van der Waals surface area contributed by atoms with Gasteiger partial charge in [-0.15, -0.1) is 0 Å². The summed E-state index contributed by atoms with van der Waals surface area (Å²) in [4.78, 5) is 19.7. The van der Waals surface area contributed by atoms with Crippen molar-refractivity contribution in [3.8, 4) is 5.75 Å². The van der Waals surface area contributed by atoms with Crippen LogP contribution in [0.25, 0.3) is 0 Å². The molecule has 0 radical (unpaired) electrons. The second-order valence-corrected chi connectivity index (χ2v) is 5.86. The molecule has 2 aromatic carbocycles. The van der Waals surface area contributed by atoms with Crippen LogP contribution >= 0.6 is 11.8 Å². The molecule has 25 heavy (non-hydrogen) atoms. The largest absolute Gasteiger partial charge is 0.497 e. The van der Waals surface area contributed by atoms with Crippen molar-refractivity contribution in [1.82, 2.24) is 15.2 Å². The molecule has 0 spiro atoms. The fourth-order valence-electron chi connectivity index (χ4n) is 2.01. The van der Waals surface area contributed by atoms with Gasteiger partial charge in [-0.3, -0.25) is 20.2 Å². The summed E-state index contributed by atoms with van der Waals surface area (Å²) in [6.45, 7) is 0. The van der Waals surface area contributed by atoms with Crippen LogP contribution in [-0.4, -0.2) is 33.4 Å². The predicted molar refractivity (Wildman–Crippen MR) is 93.9 cm³/mol. The molecule has 1 N–H and O–H groups in total. The highest BCUT2D eigenvalue weighted by Gasteiger charge is 2.16. The lowest BCUT2D eigenvalue weighted by Gasteiger charge is -2.02. The number of nitrogens with one attached hydrogen (secondary N) is 1. The summed E-state index contributed by atoms with van der Waals surface area (Å²) in [5, 5.41) is 18.2. The third-order valence-electron chi connectivity index (χ3n) is 3.21. The fourth-order valence-corrected chi connectivity index (χ4v) is 2.79. The van der Waals surface area contributed by atoms with Gasteiger partial charge in [0.1, 0.15) is 12.1 Å². The van der Waals surface area contributed by atoms with Gasteiger partial charge in [0.05, 0.1) is 22.6 Å². The van der Waals surface area contributed by atoms with Gasteiger partial charge in [-0.1, -0.05) is 6.07 Å². The van der Waals surface area contributed by atoms with Crippen LogP contribution in [-0.2, 0) is 0 Å². The molecule has 0 atom stereocenters. The maximum Gasteiger partial charge on any atom is 0.283 e. The van der Waals surface area contributed by atoms with E-state index in [4.69, 9.17) is 4.74 Å². The number of nitro groups is 1.